The van der Waals surface area contributed by atoms with E-state index in [0.717, 1.165) is 5.75 Å². The monoisotopic (exact) mass is 354 g/mol. The molecular weight excluding hydrogens is 312 g/mol. The number of hydrogen-bond acceptors (Lipinski definition) is 2. The summed E-state index contributed by atoms with van der Waals surface area (Å²) in [6, 6.07) is 0. The lowest BCUT2D eigenvalue weighted by Gasteiger charge is -2.07. The van der Waals surface area contributed by atoms with E-state index in [1.807, 2.05) is 17.8 Å². The third-order valence-electron chi connectivity index (χ3n) is 4.56. The van der Waals surface area contributed by atoms with Crippen LogP contribution in [0.25, 0.3) is 0 Å². The molecule has 0 aliphatic heterocycles. The Bertz CT molecular complexity index is 284. The summed E-state index contributed by atoms with van der Waals surface area (Å²) in [7, 11) is 0. The molecule has 0 saturated heterocycles. The van der Waals surface area contributed by atoms with Crippen molar-refractivity contribution >= 4 is 11.8 Å². The molecule has 1 N–H and O–H groups in total. The van der Waals surface area contributed by atoms with Crippen LogP contribution in [-0.4, -0.2) is 23.2 Å². The summed E-state index contributed by atoms with van der Waals surface area (Å²) in [5, 5.41) is 9.17. The molecule has 0 saturated carbocycles. The van der Waals surface area contributed by atoms with E-state index in [4.69, 9.17) is 0 Å². The molecule has 0 aromatic heterocycles. The summed E-state index contributed by atoms with van der Waals surface area (Å²) in [5.74, 6) is 2.45. The van der Waals surface area contributed by atoms with Crippen LogP contribution in [0.3, 0.4) is 0 Å². The molecular formula is C22H42OS. The average Bonchev–Trinajstić information content (AvgIpc) is 2.60. The first-order chi connectivity index (χ1) is 11.8. The van der Waals surface area contributed by atoms with Gasteiger partial charge in [0.25, 0.3) is 0 Å². The van der Waals surface area contributed by atoms with Crippen LogP contribution < -0.4 is 0 Å². The topological polar surface area (TPSA) is 20.2 Å². The van der Waals surface area contributed by atoms with Gasteiger partial charge in [-0.2, -0.15) is 11.8 Å². The van der Waals surface area contributed by atoms with Gasteiger partial charge in [-0.25, -0.2) is 0 Å². The predicted octanol–water partition coefficient (Wildman–Crippen LogP) is 7.15. The lowest BCUT2D eigenvalue weighted by molar-refractivity contribution is 0.264. The molecule has 0 heterocycles. The van der Waals surface area contributed by atoms with Crippen LogP contribution in [0.4, 0.5) is 0 Å². The van der Waals surface area contributed by atoms with Crippen molar-refractivity contribution in [2.75, 3.05) is 18.1 Å². The van der Waals surface area contributed by atoms with E-state index in [1.54, 1.807) is 0 Å². The minimum Gasteiger partial charge on any atom is -0.396 e. The van der Waals surface area contributed by atoms with Crippen LogP contribution in [0.1, 0.15) is 96.8 Å². The molecule has 0 bridgehead atoms. The minimum absolute atomic E-state index is 0.217. The standard InChI is InChI=1S/C22H42OS/c1-3-5-6-7-8-9-10-11-12-13-14-15-16-17-19-24-21-22(20-23)18-4-2/h18,22-23H,2-3,5-17,19-21H2,1H3. The summed E-state index contributed by atoms with van der Waals surface area (Å²) in [6.07, 6.45) is 21.7. The van der Waals surface area contributed by atoms with Crippen LogP contribution in [-0.2, 0) is 0 Å². The van der Waals surface area contributed by atoms with Crippen molar-refractivity contribution in [2.45, 2.75) is 96.8 Å². The Labute approximate surface area is 156 Å². The maximum atomic E-state index is 9.17. The molecule has 2 heteroatoms. The molecule has 0 aromatic rings. The summed E-state index contributed by atoms with van der Waals surface area (Å²) in [4.78, 5) is 0. The predicted molar refractivity (Wildman–Crippen MR) is 112 cm³/mol. The van der Waals surface area contributed by atoms with Gasteiger partial charge in [-0.15, -0.1) is 5.73 Å². The van der Waals surface area contributed by atoms with Gasteiger partial charge in [0.2, 0.25) is 0 Å². The van der Waals surface area contributed by atoms with Gasteiger partial charge < -0.3 is 5.11 Å². The minimum atomic E-state index is 0.217. The van der Waals surface area contributed by atoms with Gasteiger partial charge in [-0.05, 0) is 18.2 Å². The third-order valence-corrected chi connectivity index (χ3v) is 5.80. The van der Waals surface area contributed by atoms with Gasteiger partial charge in [-0.1, -0.05) is 97.0 Å². The second-order valence-corrected chi connectivity index (χ2v) is 8.13. The zero-order valence-electron chi connectivity index (χ0n) is 16.2. The second-order valence-electron chi connectivity index (χ2n) is 6.98. The molecule has 0 aliphatic rings. The van der Waals surface area contributed by atoms with Crippen molar-refractivity contribution in [3.63, 3.8) is 0 Å². The Morgan fingerprint density at radius 3 is 1.71 bits per heavy atom. The van der Waals surface area contributed by atoms with Gasteiger partial charge in [0.05, 0.1) is 6.61 Å². The van der Waals surface area contributed by atoms with Crippen molar-refractivity contribution in [3.05, 3.63) is 18.4 Å². The van der Waals surface area contributed by atoms with Crippen molar-refractivity contribution in [1.29, 1.82) is 0 Å². The highest BCUT2D eigenvalue weighted by atomic mass is 32.2. The molecule has 24 heavy (non-hydrogen) atoms. The summed E-state index contributed by atoms with van der Waals surface area (Å²) in [5.41, 5.74) is 2.77. The summed E-state index contributed by atoms with van der Waals surface area (Å²) in [6.45, 7) is 6.07. The number of rotatable bonds is 19. The van der Waals surface area contributed by atoms with Crippen LogP contribution in [0.2, 0.25) is 0 Å². The van der Waals surface area contributed by atoms with E-state index in [1.165, 1.54) is 95.6 Å². The third kappa shape index (κ3) is 18.2. The van der Waals surface area contributed by atoms with Gasteiger partial charge in [0, 0.05) is 11.7 Å². The lowest BCUT2D eigenvalue weighted by Crippen LogP contribution is -2.05. The molecule has 0 aliphatic carbocycles. The Hall–Kier alpha value is -0.170. The normalized spacial score (nSPS) is 12.1. The van der Waals surface area contributed by atoms with Crippen LogP contribution in [0.5, 0.6) is 0 Å². The quantitative estimate of drug-likeness (QED) is 0.196. The van der Waals surface area contributed by atoms with Crippen molar-refractivity contribution < 1.29 is 5.11 Å². The van der Waals surface area contributed by atoms with E-state index in [9.17, 15) is 5.11 Å². The lowest BCUT2D eigenvalue weighted by atomic mass is 10.0. The van der Waals surface area contributed by atoms with Gasteiger partial charge in [0.15, 0.2) is 0 Å². The van der Waals surface area contributed by atoms with Crippen molar-refractivity contribution in [1.82, 2.24) is 0 Å². The summed E-state index contributed by atoms with van der Waals surface area (Å²) < 4.78 is 0. The molecule has 0 fully saturated rings. The van der Waals surface area contributed by atoms with Gasteiger partial charge in [0.1, 0.15) is 0 Å². The zero-order chi connectivity index (χ0) is 17.7. The molecule has 0 amide bonds. The number of hydrogen-bond donors (Lipinski definition) is 1. The van der Waals surface area contributed by atoms with E-state index >= 15 is 0 Å². The van der Waals surface area contributed by atoms with Crippen LogP contribution in [0, 0.1) is 5.92 Å². The Balaban J connectivity index is 3.11. The second kappa shape index (κ2) is 20.9. The number of thioether (sulfide) groups is 1. The van der Waals surface area contributed by atoms with Gasteiger partial charge in [-0.3, -0.25) is 0 Å². The number of aliphatic hydroxyl groups is 1. The molecule has 0 rings (SSSR count). The summed E-state index contributed by atoms with van der Waals surface area (Å²) >= 11 is 1.95. The largest absolute Gasteiger partial charge is 0.396 e. The highest BCUT2D eigenvalue weighted by Crippen LogP contribution is 2.15. The molecule has 0 radical (unpaired) electrons. The maximum Gasteiger partial charge on any atom is 0.0507 e. The highest BCUT2D eigenvalue weighted by Gasteiger charge is 2.02. The first-order valence-electron chi connectivity index (χ1n) is 10.4. The molecule has 0 aromatic carbocycles. The van der Waals surface area contributed by atoms with E-state index in [2.05, 4.69) is 19.2 Å². The molecule has 0 spiro atoms. The fourth-order valence-electron chi connectivity index (χ4n) is 2.95. The molecule has 142 valence electrons. The highest BCUT2D eigenvalue weighted by molar-refractivity contribution is 7.99. The van der Waals surface area contributed by atoms with E-state index in [-0.39, 0.29) is 12.5 Å². The Morgan fingerprint density at radius 2 is 1.29 bits per heavy atom. The van der Waals surface area contributed by atoms with Gasteiger partial charge >= 0.3 is 0 Å². The Morgan fingerprint density at radius 1 is 0.833 bits per heavy atom. The molecule has 1 atom stereocenters. The van der Waals surface area contributed by atoms with E-state index < -0.39 is 0 Å². The van der Waals surface area contributed by atoms with Crippen LogP contribution >= 0.6 is 11.8 Å². The van der Waals surface area contributed by atoms with Crippen molar-refractivity contribution in [3.8, 4) is 0 Å². The smallest absolute Gasteiger partial charge is 0.0507 e. The Kier molecular flexibility index (Phi) is 20.7. The maximum absolute atomic E-state index is 9.17. The first kappa shape index (κ1) is 23.8. The molecule has 1 nitrogen and oxygen atoms in total. The fourth-order valence-corrected chi connectivity index (χ4v) is 4.03. The molecule has 1 unspecified atom stereocenters. The number of unbranched alkanes of at least 4 members (excludes halogenated alkanes) is 13. The number of aliphatic hydroxyl groups excluding tert-OH is 1. The van der Waals surface area contributed by atoms with Crippen LogP contribution in [0.15, 0.2) is 18.4 Å². The fraction of sp³-hybridized carbons (Fsp3) is 0.864. The van der Waals surface area contributed by atoms with E-state index in [0.29, 0.717) is 0 Å². The van der Waals surface area contributed by atoms with Crippen molar-refractivity contribution in [2.24, 2.45) is 5.92 Å². The average molecular weight is 355 g/mol. The SMILES string of the molecule is C=C=CC(CO)CSCCCCCCCCCCCCCCCC. The zero-order valence-corrected chi connectivity index (χ0v) is 17.1. The first-order valence-corrected chi connectivity index (χ1v) is 11.5.